The van der Waals surface area contributed by atoms with E-state index in [1.54, 1.807) is 0 Å². The fourth-order valence-electron chi connectivity index (χ4n) is 1.83. The number of hydrogen-bond donors (Lipinski definition) is 0. The largest absolute Gasteiger partial charge is 0.340 e. The van der Waals surface area contributed by atoms with Crippen molar-refractivity contribution < 1.29 is 4.92 Å². The predicted molar refractivity (Wildman–Crippen MR) is 76.6 cm³/mol. The van der Waals surface area contributed by atoms with Gasteiger partial charge in [-0.25, -0.2) is 9.97 Å². The molecule has 104 valence electrons. The molecule has 6 nitrogen and oxygen atoms in total. The first kappa shape index (κ1) is 13.9. The van der Waals surface area contributed by atoms with Crippen LogP contribution in [-0.2, 0) is 13.0 Å². The first-order valence-electron chi connectivity index (χ1n) is 6.35. The van der Waals surface area contributed by atoms with Crippen molar-refractivity contribution in [3.05, 3.63) is 57.9 Å². The monoisotopic (exact) mass is 272 g/mol. The maximum atomic E-state index is 10.5. The molecule has 6 heteroatoms. The third-order valence-electron chi connectivity index (χ3n) is 3.03. The van der Waals surface area contributed by atoms with Crippen LogP contribution in [0.25, 0.3) is 0 Å². The van der Waals surface area contributed by atoms with Crippen molar-refractivity contribution in [1.29, 1.82) is 0 Å². The van der Waals surface area contributed by atoms with Crippen molar-refractivity contribution in [3.8, 4) is 0 Å². The molecule has 2 aromatic rings. The molecule has 0 bridgehead atoms. The smallest absolute Gasteiger partial charge is 0.305 e. The van der Waals surface area contributed by atoms with Crippen LogP contribution in [0.5, 0.6) is 0 Å². The lowest BCUT2D eigenvalue weighted by Gasteiger charge is -2.16. The Bertz CT molecular complexity index is 581. The Balaban J connectivity index is 2.06. The first-order valence-corrected chi connectivity index (χ1v) is 6.35. The van der Waals surface area contributed by atoms with Crippen LogP contribution in [0, 0.1) is 10.1 Å². The molecule has 0 amide bonds. The summed E-state index contributed by atoms with van der Waals surface area (Å²) in [6.07, 6.45) is 3.46. The molecule has 1 heterocycles. The second kappa shape index (κ2) is 6.10. The highest BCUT2D eigenvalue weighted by molar-refractivity contribution is 5.35. The third-order valence-corrected chi connectivity index (χ3v) is 3.03. The molecular weight excluding hydrogens is 256 g/mol. The number of rotatable bonds is 5. The van der Waals surface area contributed by atoms with Gasteiger partial charge in [-0.2, -0.15) is 0 Å². The van der Waals surface area contributed by atoms with Crippen molar-refractivity contribution in [3.63, 3.8) is 0 Å². The standard InChI is InChI=1S/C14H16N4O2/c1-3-11-4-6-12(7-5-11)10-17(2)14-15-8-13(9-16-14)18(19)20/h4-9H,3,10H2,1-2H3. The van der Waals surface area contributed by atoms with Crippen molar-refractivity contribution in [1.82, 2.24) is 9.97 Å². The SMILES string of the molecule is CCc1ccc(CN(C)c2ncc([N+](=O)[O-])cn2)cc1. The number of aromatic nitrogens is 2. The number of nitro groups is 1. The first-order chi connectivity index (χ1) is 9.60. The Morgan fingerprint density at radius 1 is 1.15 bits per heavy atom. The van der Waals surface area contributed by atoms with E-state index >= 15 is 0 Å². The second-order valence-corrected chi connectivity index (χ2v) is 4.52. The van der Waals surface area contributed by atoms with E-state index in [-0.39, 0.29) is 5.69 Å². The zero-order chi connectivity index (χ0) is 14.5. The molecule has 0 N–H and O–H groups in total. The molecule has 0 saturated heterocycles. The predicted octanol–water partition coefficient (Wildman–Crippen LogP) is 2.58. The number of aryl methyl sites for hydroxylation is 1. The van der Waals surface area contributed by atoms with Crippen LogP contribution >= 0.6 is 0 Å². The van der Waals surface area contributed by atoms with Gasteiger partial charge < -0.3 is 4.90 Å². The van der Waals surface area contributed by atoms with Crippen LogP contribution in [0.4, 0.5) is 11.6 Å². The molecule has 0 atom stereocenters. The molecule has 1 aromatic carbocycles. The highest BCUT2D eigenvalue weighted by atomic mass is 16.6. The summed E-state index contributed by atoms with van der Waals surface area (Å²) in [5.74, 6) is 0.468. The van der Waals surface area contributed by atoms with Gasteiger partial charge in [0.15, 0.2) is 0 Å². The third kappa shape index (κ3) is 3.28. The van der Waals surface area contributed by atoms with Gasteiger partial charge in [0.25, 0.3) is 0 Å². The molecule has 0 unspecified atom stereocenters. The van der Waals surface area contributed by atoms with E-state index in [4.69, 9.17) is 0 Å². The van der Waals surface area contributed by atoms with E-state index in [1.807, 2.05) is 11.9 Å². The quantitative estimate of drug-likeness (QED) is 0.618. The fourth-order valence-corrected chi connectivity index (χ4v) is 1.83. The van der Waals surface area contributed by atoms with Crippen molar-refractivity contribution in [2.24, 2.45) is 0 Å². The molecule has 0 aliphatic heterocycles. The second-order valence-electron chi connectivity index (χ2n) is 4.52. The summed E-state index contributed by atoms with van der Waals surface area (Å²) in [7, 11) is 1.86. The molecule has 0 aliphatic rings. The van der Waals surface area contributed by atoms with E-state index < -0.39 is 4.92 Å². The number of anilines is 1. The fraction of sp³-hybridized carbons (Fsp3) is 0.286. The van der Waals surface area contributed by atoms with E-state index in [0.717, 1.165) is 12.0 Å². The van der Waals surface area contributed by atoms with Gasteiger partial charge in [0.05, 0.1) is 4.92 Å². The molecule has 0 spiro atoms. The van der Waals surface area contributed by atoms with Gasteiger partial charge in [0, 0.05) is 13.6 Å². The van der Waals surface area contributed by atoms with E-state index in [2.05, 4.69) is 41.2 Å². The molecule has 0 radical (unpaired) electrons. The van der Waals surface area contributed by atoms with Crippen LogP contribution in [0.1, 0.15) is 18.1 Å². The van der Waals surface area contributed by atoms with Gasteiger partial charge in [-0.05, 0) is 17.5 Å². The molecule has 0 aliphatic carbocycles. The lowest BCUT2D eigenvalue weighted by molar-refractivity contribution is -0.385. The Kier molecular flexibility index (Phi) is 4.24. The minimum Gasteiger partial charge on any atom is -0.340 e. The highest BCUT2D eigenvalue weighted by Crippen LogP contribution is 2.14. The topological polar surface area (TPSA) is 72.2 Å². The van der Waals surface area contributed by atoms with Gasteiger partial charge in [-0.1, -0.05) is 31.2 Å². The Labute approximate surface area is 117 Å². The number of benzene rings is 1. The van der Waals surface area contributed by atoms with Crippen molar-refractivity contribution in [2.75, 3.05) is 11.9 Å². The summed E-state index contributed by atoms with van der Waals surface area (Å²) in [6, 6.07) is 8.33. The molecule has 20 heavy (non-hydrogen) atoms. The van der Waals surface area contributed by atoms with Gasteiger partial charge in [0.1, 0.15) is 12.4 Å². The zero-order valence-corrected chi connectivity index (χ0v) is 11.5. The van der Waals surface area contributed by atoms with E-state index in [1.165, 1.54) is 18.0 Å². The van der Waals surface area contributed by atoms with Gasteiger partial charge in [-0.15, -0.1) is 0 Å². The van der Waals surface area contributed by atoms with Crippen LogP contribution in [0.15, 0.2) is 36.7 Å². The van der Waals surface area contributed by atoms with Crippen LogP contribution in [-0.4, -0.2) is 21.9 Å². The average Bonchev–Trinajstić information content (AvgIpc) is 2.48. The number of nitrogens with zero attached hydrogens (tertiary/aromatic N) is 4. The summed E-state index contributed by atoms with van der Waals surface area (Å²) in [4.78, 5) is 19.9. The van der Waals surface area contributed by atoms with Crippen LogP contribution in [0.3, 0.4) is 0 Å². The lowest BCUT2D eigenvalue weighted by Crippen LogP contribution is -2.19. The van der Waals surface area contributed by atoms with Crippen LogP contribution in [0.2, 0.25) is 0 Å². The molecule has 1 aromatic heterocycles. The van der Waals surface area contributed by atoms with Crippen molar-refractivity contribution in [2.45, 2.75) is 19.9 Å². The van der Waals surface area contributed by atoms with E-state index in [0.29, 0.717) is 12.5 Å². The Morgan fingerprint density at radius 3 is 2.20 bits per heavy atom. The summed E-state index contributed by atoms with van der Waals surface area (Å²) in [5, 5.41) is 10.5. The normalized spacial score (nSPS) is 10.3. The maximum Gasteiger partial charge on any atom is 0.305 e. The zero-order valence-electron chi connectivity index (χ0n) is 11.5. The maximum absolute atomic E-state index is 10.5. The summed E-state index contributed by atoms with van der Waals surface area (Å²) in [6.45, 7) is 2.77. The minimum absolute atomic E-state index is 0.102. The number of hydrogen-bond acceptors (Lipinski definition) is 5. The highest BCUT2D eigenvalue weighted by Gasteiger charge is 2.09. The summed E-state index contributed by atoms with van der Waals surface area (Å²) in [5.41, 5.74) is 2.34. The summed E-state index contributed by atoms with van der Waals surface area (Å²) >= 11 is 0. The molecule has 2 rings (SSSR count). The lowest BCUT2D eigenvalue weighted by atomic mass is 10.1. The van der Waals surface area contributed by atoms with Gasteiger partial charge in [0.2, 0.25) is 5.95 Å². The Hall–Kier alpha value is -2.50. The summed E-state index contributed by atoms with van der Waals surface area (Å²) < 4.78 is 0. The molecule has 0 saturated carbocycles. The van der Waals surface area contributed by atoms with E-state index in [9.17, 15) is 10.1 Å². The Morgan fingerprint density at radius 2 is 1.70 bits per heavy atom. The van der Waals surface area contributed by atoms with Crippen molar-refractivity contribution >= 4 is 11.6 Å². The van der Waals surface area contributed by atoms with Gasteiger partial charge in [-0.3, -0.25) is 10.1 Å². The molecule has 0 fully saturated rings. The molecular formula is C14H16N4O2. The van der Waals surface area contributed by atoms with Gasteiger partial charge >= 0.3 is 5.69 Å². The average molecular weight is 272 g/mol. The van der Waals surface area contributed by atoms with Crippen LogP contribution < -0.4 is 4.90 Å². The minimum atomic E-state index is -0.507.